The average Bonchev–Trinajstić information content (AvgIpc) is 3.29. The molecule has 0 unspecified atom stereocenters. The molecule has 0 aliphatic heterocycles. The molecule has 2 aromatic heterocycles. The Morgan fingerprint density at radius 1 is 1.19 bits per heavy atom. The zero-order valence-electron chi connectivity index (χ0n) is 14.7. The SMILES string of the molecule is CCCc1ccc(C(=O)/C=C/c2ccc(COc3ccc(F)cc3F)o2)s1. The topological polar surface area (TPSA) is 39.4 Å². The quantitative estimate of drug-likeness (QED) is 0.348. The van der Waals surface area contributed by atoms with E-state index in [0.29, 0.717) is 16.4 Å². The van der Waals surface area contributed by atoms with Crippen LogP contribution in [0.25, 0.3) is 6.08 Å². The Bertz CT molecular complexity index is 956. The fourth-order valence-corrected chi connectivity index (χ4v) is 3.46. The van der Waals surface area contributed by atoms with Crippen molar-refractivity contribution in [3.05, 3.63) is 81.4 Å². The fourth-order valence-electron chi connectivity index (χ4n) is 2.43. The number of allylic oxidation sites excluding steroid dienone is 1. The minimum atomic E-state index is -0.773. The van der Waals surface area contributed by atoms with Crippen LogP contribution in [0.4, 0.5) is 8.78 Å². The molecule has 6 heteroatoms. The largest absolute Gasteiger partial charge is 0.483 e. The highest BCUT2D eigenvalue weighted by Gasteiger charge is 2.08. The van der Waals surface area contributed by atoms with Crippen molar-refractivity contribution in [2.45, 2.75) is 26.4 Å². The molecule has 2 heterocycles. The van der Waals surface area contributed by atoms with Gasteiger partial charge in [0.1, 0.15) is 23.9 Å². The first kappa shape index (κ1) is 19.0. The van der Waals surface area contributed by atoms with Crippen LogP contribution in [0.15, 0.2) is 53.0 Å². The van der Waals surface area contributed by atoms with Crippen molar-refractivity contribution in [2.24, 2.45) is 0 Å². The number of carbonyl (C=O) groups is 1. The van der Waals surface area contributed by atoms with Crippen LogP contribution in [0.5, 0.6) is 5.75 Å². The highest BCUT2D eigenvalue weighted by atomic mass is 32.1. The van der Waals surface area contributed by atoms with Crippen LogP contribution in [0, 0.1) is 11.6 Å². The summed E-state index contributed by atoms with van der Waals surface area (Å²) in [5.74, 6) is -0.613. The number of benzene rings is 1. The standard InChI is InChI=1S/C21H18F2O3S/c1-2-3-17-8-11-21(27-17)19(24)9-7-15-5-6-16(26-15)13-25-20-10-4-14(22)12-18(20)23/h4-12H,2-3,13H2,1H3/b9-7+. The van der Waals surface area contributed by atoms with Gasteiger partial charge in [-0.25, -0.2) is 8.78 Å². The lowest BCUT2D eigenvalue weighted by molar-refractivity contribution is 0.105. The number of carbonyl (C=O) groups excluding carboxylic acids is 1. The molecule has 0 N–H and O–H groups in total. The molecule has 0 amide bonds. The minimum absolute atomic E-state index is 0.00432. The number of ether oxygens (including phenoxy) is 1. The van der Waals surface area contributed by atoms with Gasteiger partial charge in [0.05, 0.1) is 4.88 Å². The molecule has 27 heavy (non-hydrogen) atoms. The molecule has 0 bridgehead atoms. The first-order valence-corrected chi connectivity index (χ1v) is 9.34. The molecule has 0 radical (unpaired) electrons. The number of aryl methyl sites for hydroxylation is 1. The Morgan fingerprint density at radius 3 is 2.81 bits per heavy atom. The predicted octanol–water partition coefficient (Wildman–Crippen LogP) is 6.05. The van der Waals surface area contributed by atoms with Crippen LogP contribution in [-0.4, -0.2) is 5.78 Å². The number of thiophene rings is 1. The Hall–Kier alpha value is -2.73. The van der Waals surface area contributed by atoms with Crippen LogP contribution in [0.2, 0.25) is 0 Å². The third-order valence-corrected chi connectivity index (χ3v) is 4.91. The summed E-state index contributed by atoms with van der Waals surface area (Å²) in [4.78, 5) is 14.1. The number of halogens is 2. The first-order chi connectivity index (χ1) is 13.0. The van der Waals surface area contributed by atoms with Gasteiger partial charge in [0.25, 0.3) is 0 Å². The fraction of sp³-hybridized carbons (Fsp3) is 0.190. The van der Waals surface area contributed by atoms with Crippen LogP contribution in [-0.2, 0) is 13.0 Å². The van der Waals surface area contributed by atoms with Gasteiger partial charge >= 0.3 is 0 Å². The van der Waals surface area contributed by atoms with Crippen molar-refractivity contribution in [3.8, 4) is 5.75 Å². The minimum Gasteiger partial charge on any atom is -0.483 e. The van der Waals surface area contributed by atoms with E-state index in [1.54, 1.807) is 18.2 Å². The summed E-state index contributed by atoms with van der Waals surface area (Å²) in [6.45, 7) is 2.10. The van der Waals surface area contributed by atoms with Gasteiger partial charge in [-0.2, -0.15) is 0 Å². The normalized spacial score (nSPS) is 11.2. The number of hydrogen-bond donors (Lipinski definition) is 0. The van der Waals surface area contributed by atoms with Crippen molar-refractivity contribution in [1.29, 1.82) is 0 Å². The number of ketones is 1. The maximum atomic E-state index is 13.5. The summed E-state index contributed by atoms with van der Waals surface area (Å²) in [6.07, 6.45) is 5.06. The van der Waals surface area contributed by atoms with Crippen molar-refractivity contribution >= 4 is 23.2 Å². The molecule has 3 rings (SSSR count). The Kier molecular flexibility index (Phi) is 6.19. The molecule has 3 aromatic rings. The molecule has 140 valence electrons. The molecule has 0 aliphatic carbocycles. The van der Waals surface area contributed by atoms with Crippen molar-refractivity contribution < 1.29 is 22.7 Å². The van der Waals surface area contributed by atoms with Gasteiger partial charge in [0, 0.05) is 10.9 Å². The monoisotopic (exact) mass is 388 g/mol. The Balaban J connectivity index is 1.58. The number of rotatable bonds is 8. The Labute approximate surface area is 159 Å². The summed E-state index contributed by atoms with van der Waals surface area (Å²) in [5, 5.41) is 0. The van der Waals surface area contributed by atoms with Gasteiger partial charge < -0.3 is 9.15 Å². The van der Waals surface area contributed by atoms with Crippen LogP contribution < -0.4 is 4.74 Å². The van der Waals surface area contributed by atoms with E-state index in [2.05, 4.69) is 6.92 Å². The first-order valence-electron chi connectivity index (χ1n) is 8.53. The predicted molar refractivity (Wildman–Crippen MR) is 101 cm³/mol. The van der Waals surface area contributed by atoms with Gasteiger partial charge in [-0.15, -0.1) is 11.3 Å². The highest BCUT2D eigenvalue weighted by molar-refractivity contribution is 7.14. The van der Waals surface area contributed by atoms with Crippen LogP contribution in [0.3, 0.4) is 0 Å². The molecular formula is C21H18F2O3S. The zero-order chi connectivity index (χ0) is 19.2. The maximum Gasteiger partial charge on any atom is 0.195 e. The second kappa shape index (κ2) is 8.77. The molecule has 0 fully saturated rings. The second-order valence-corrected chi connectivity index (χ2v) is 7.05. The molecule has 0 atom stereocenters. The van der Waals surface area contributed by atoms with E-state index in [-0.39, 0.29) is 18.1 Å². The third kappa shape index (κ3) is 5.14. The van der Waals surface area contributed by atoms with Gasteiger partial charge in [0.2, 0.25) is 0 Å². The van der Waals surface area contributed by atoms with Gasteiger partial charge in [-0.1, -0.05) is 13.3 Å². The van der Waals surface area contributed by atoms with Gasteiger partial charge in [-0.05, 0) is 55.0 Å². The molecular weight excluding hydrogens is 370 g/mol. The van der Waals surface area contributed by atoms with E-state index < -0.39 is 11.6 Å². The lowest BCUT2D eigenvalue weighted by Gasteiger charge is -2.05. The van der Waals surface area contributed by atoms with Crippen molar-refractivity contribution in [1.82, 2.24) is 0 Å². The Morgan fingerprint density at radius 2 is 2.04 bits per heavy atom. The molecule has 0 aliphatic rings. The molecule has 0 saturated heterocycles. The second-order valence-electron chi connectivity index (χ2n) is 5.88. The highest BCUT2D eigenvalue weighted by Crippen LogP contribution is 2.21. The van der Waals surface area contributed by atoms with E-state index in [4.69, 9.17) is 9.15 Å². The molecule has 0 spiro atoms. The average molecular weight is 388 g/mol. The smallest absolute Gasteiger partial charge is 0.195 e. The van der Waals surface area contributed by atoms with Crippen LogP contribution in [0.1, 0.15) is 39.4 Å². The van der Waals surface area contributed by atoms with Crippen LogP contribution >= 0.6 is 11.3 Å². The molecule has 0 saturated carbocycles. The van der Waals surface area contributed by atoms with E-state index in [0.717, 1.165) is 25.0 Å². The van der Waals surface area contributed by atoms with E-state index >= 15 is 0 Å². The number of hydrogen-bond acceptors (Lipinski definition) is 4. The van der Waals surface area contributed by atoms with Gasteiger partial charge in [-0.3, -0.25) is 4.79 Å². The lowest BCUT2D eigenvalue weighted by atomic mass is 10.2. The summed E-state index contributed by atoms with van der Waals surface area (Å²) >= 11 is 1.50. The zero-order valence-corrected chi connectivity index (χ0v) is 15.5. The number of furan rings is 1. The lowest BCUT2D eigenvalue weighted by Crippen LogP contribution is -1.96. The summed E-state index contributed by atoms with van der Waals surface area (Å²) in [5.41, 5.74) is 0. The third-order valence-electron chi connectivity index (χ3n) is 3.75. The molecule has 3 nitrogen and oxygen atoms in total. The molecule has 1 aromatic carbocycles. The summed E-state index contributed by atoms with van der Waals surface area (Å²) < 4.78 is 37.2. The van der Waals surface area contributed by atoms with Gasteiger partial charge in [0.15, 0.2) is 17.3 Å². The maximum absolute atomic E-state index is 13.5. The van der Waals surface area contributed by atoms with Crippen molar-refractivity contribution in [2.75, 3.05) is 0 Å². The van der Waals surface area contributed by atoms with Crippen molar-refractivity contribution in [3.63, 3.8) is 0 Å². The van der Waals surface area contributed by atoms with E-state index in [1.807, 2.05) is 12.1 Å². The summed E-state index contributed by atoms with van der Waals surface area (Å²) in [6, 6.07) is 10.3. The van der Waals surface area contributed by atoms with E-state index in [9.17, 15) is 13.6 Å². The summed E-state index contributed by atoms with van der Waals surface area (Å²) in [7, 11) is 0. The van der Waals surface area contributed by atoms with E-state index in [1.165, 1.54) is 28.4 Å².